The van der Waals surface area contributed by atoms with Gasteiger partial charge in [0.05, 0.1) is 22.1 Å². The number of amidine groups is 2. The van der Waals surface area contributed by atoms with Crippen LogP contribution in [0.25, 0.3) is 76.9 Å². The third-order valence-electron chi connectivity index (χ3n) is 11.4. The fourth-order valence-corrected chi connectivity index (χ4v) is 8.81. The largest absolute Gasteiger partial charge is 0.456 e. The second-order valence-electron chi connectivity index (χ2n) is 14.6. The molecule has 11 aromatic rings. The van der Waals surface area contributed by atoms with Crippen LogP contribution < -0.4 is 5.32 Å². The van der Waals surface area contributed by atoms with E-state index in [9.17, 15) is 0 Å². The summed E-state index contributed by atoms with van der Waals surface area (Å²) >= 11 is 0. The number of furan rings is 1. The molecule has 8 aromatic carbocycles. The van der Waals surface area contributed by atoms with Gasteiger partial charge in [0.25, 0.3) is 0 Å². The predicted molar refractivity (Wildman–Crippen MR) is 234 cm³/mol. The minimum Gasteiger partial charge on any atom is -0.456 e. The average molecular weight is 732 g/mol. The number of hydrogen-bond acceptors (Lipinski definition) is 4. The van der Waals surface area contributed by atoms with E-state index >= 15 is 0 Å². The van der Waals surface area contributed by atoms with Gasteiger partial charge in [0.2, 0.25) is 0 Å². The Morgan fingerprint density at radius 2 is 0.930 bits per heavy atom. The molecule has 4 heterocycles. The van der Waals surface area contributed by atoms with Crippen LogP contribution in [0.4, 0.5) is 0 Å². The van der Waals surface area contributed by atoms with E-state index in [1.807, 2.05) is 36.4 Å². The maximum atomic E-state index is 6.27. The highest BCUT2D eigenvalue weighted by molar-refractivity contribution is 6.29. The molecule has 1 aliphatic rings. The minimum absolute atomic E-state index is 0.446. The van der Waals surface area contributed by atoms with E-state index in [1.54, 1.807) is 0 Å². The van der Waals surface area contributed by atoms with E-state index in [1.165, 1.54) is 38.1 Å². The van der Waals surface area contributed by atoms with Crippen LogP contribution in [0, 0.1) is 0 Å². The fourth-order valence-electron chi connectivity index (χ4n) is 8.81. The molecule has 12 rings (SSSR count). The Hall–Kier alpha value is -7.70. The Morgan fingerprint density at radius 3 is 1.60 bits per heavy atom. The van der Waals surface area contributed by atoms with E-state index in [0.717, 1.165) is 67.2 Å². The molecule has 268 valence electrons. The zero-order valence-electron chi connectivity index (χ0n) is 30.7. The van der Waals surface area contributed by atoms with Gasteiger partial charge in [0.1, 0.15) is 22.8 Å². The van der Waals surface area contributed by atoms with Crippen molar-refractivity contribution in [1.82, 2.24) is 14.5 Å². The third-order valence-corrected chi connectivity index (χ3v) is 11.4. The number of aromatic nitrogens is 2. The van der Waals surface area contributed by atoms with Crippen LogP contribution >= 0.6 is 0 Å². The number of para-hydroxylation sites is 4. The summed E-state index contributed by atoms with van der Waals surface area (Å²) in [5.74, 6) is 1.53. The first-order valence-electron chi connectivity index (χ1n) is 19.3. The van der Waals surface area contributed by atoms with Crippen LogP contribution in [0.15, 0.2) is 202 Å². The van der Waals surface area contributed by atoms with Crippen molar-refractivity contribution in [1.29, 1.82) is 0 Å². The predicted octanol–water partition coefficient (Wildman–Crippen LogP) is 12.3. The lowest BCUT2D eigenvalue weighted by atomic mass is 10.1. The molecule has 0 radical (unpaired) electrons. The highest BCUT2D eigenvalue weighted by Gasteiger charge is 2.23. The van der Waals surface area contributed by atoms with E-state index in [4.69, 9.17) is 14.4 Å². The molecule has 0 amide bonds. The number of nitrogens with one attached hydrogen (secondary N) is 1. The Labute approximate surface area is 327 Å². The van der Waals surface area contributed by atoms with Crippen molar-refractivity contribution in [2.75, 3.05) is 0 Å². The maximum Gasteiger partial charge on any atom is 0.169 e. The van der Waals surface area contributed by atoms with Crippen molar-refractivity contribution < 1.29 is 4.42 Å². The molecule has 57 heavy (non-hydrogen) atoms. The monoisotopic (exact) mass is 731 g/mol. The van der Waals surface area contributed by atoms with Crippen molar-refractivity contribution in [3.63, 3.8) is 0 Å². The van der Waals surface area contributed by atoms with Crippen molar-refractivity contribution in [3.05, 3.63) is 205 Å². The van der Waals surface area contributed by atoms with E-state index in [2.05, 4.69) is 166 Å². The second kappa shape index (κ2) is 12.4. The van der Waals surface area contributed by atoms with E-state index < -0.39 is 6.17 Å². The van der Waals surface area contributed by atoms with Crippen molar-refractivity contribution in [3.8, 4) is 11.4 Å². The van der Waals surface area contributed by atoms with Crippen LogP contribution in [-0.4, -0.2) is 20.8 Å². The van der Waals surface area contributed by atoms with Crippen LogP contribution in [0.5, 0.6) is 0 Å². The second-order valence-corrected chi connectivity index (χ2v) is 14.6. The molecule has 0 fully saturated rings. The lowest BCUT2D eigenvalue weighted by Gasteiger charge is -2.22. The van der Waals surface area contributed by atoms with Gasteiger partial charge in [-0.25, -0.2) is 9.98 Å². The zero-order chi connectivity index (χ0) is 37.5. The highest BCUT2D eigenvalue weighted by atomic mass is 16.3. The van der Waals surface area contributed by atoms with Gasteiger partial charge in [-0.05, 0) is 72.3 Å². The van der Waals surface area contributed by atoms with Gasteiger partial charge in [-0.1, -0.05) is 121 Å². The van der Waals surface area contributed by atoms with Gasteiger partial charge in [-0.3, -0.25) is 0 Å². The topological polar surface area (TPSA) is 59.8 Å². The molecule has 3 aromatic heterocycles. The van der Waals surface area contributed by atoms with Crippen molar-refractivity contribution >= 4 is 77.2 Å². The molecule has 0 spiro atoms. The van der Waals surface area contributed by atoms with Gasteiger partial charge < -0.3 is 18.9 Å². The van der Waals surface area contributed by atoms with Crippen LogP contribution in [0.2, 0.25) is 0 Å². The molecule has 1 N–H and O–H groups in total. The Bertz CT molecular complexity index is 3420. The lowest BCUT2D eigenvalue weighted by Crippen LogP contribution is -2.36. The Balaban J connectivity index is 0.997. The molecule has 0 aliphatic carbocycles. The average Bonchev–Trinajstić information content (AvgIpc) is 3.94. The lowest BCUT2D eigenvalue weighted by molar-refractivity contribution is 0.668. The Morgan fingerprint density at radius 1 is 0.404 bits per heavy atom. The summed E-state index contributed by atoms with van der Waals surface area (Å²) in [6, 6.07) is 66.2. The van der Waals surface area contributed by atoms with Gasteiger partial charge in [-0.15, -0.1) is 0 Å². The third kappa shape index (κ3) is 4.90. The summed E-state index contributed by atoms with van der Waals surface area (Å²) in [5.41, 5.74) is 11.6. The summed E-state index contributed by atoms with van der Waals surface area (Å²) in [5, 5.41) is 10.7. The standard InChI is InChI=1S/C51H33N5O/c1-3-13-32(14-4-1)49-52-50(54-51(53-49)34-25-28-38-37-17-9-12-22-45(37)57-46(38)31-34)33-23-26-36(27-24-33)56-42-21-11-8-19-40(42)48-44(56)30-29-43-47(48)39-18-7-10-20-41(39)55(43)35-15-5-2-6-16-35/h1-31,50H,(H,52,53,54). The molecule has 1 aliphatic heterocycles. The molecule has 6 heteroatoms. The molecule has 6 nitrogen and oxygen atoms in total. The fraction of sp³-hybridized carbons (Fsp3) is 0.0196. The first-order chi connectivity index (χ1) is 28.3. The zero-order valence-corrected chi connectivity index (χ0v) is 30.7. The van der Waals surface area contributed by atoms with Crippen molar-refractivity contribution in [2.45, 2.75) is 6.17 Å². The first kappa shape index (κ1) is 31.6. The summed E-state index contributed by atoms with van der Waals surface area (Å²) in [4.78, 5) is 10.4. The number of nitrogens with zero attached hydrogens (tertiary/aromatic N) is 4. The maximum absolute atomic E-state index is 6.27. The molecule has 0 saturated heterocycles. The molecule has 0 bridgehead atoms. The number of rotatable bonds is 5. The normalized spacial score (nSPS) is 14.5. The number of fused-ring (bicyclic) bond motifs is 10. The van der Waals surface area contributed by atoms with Crippen LogP contribution in [-0.2, 0) is 0 Å². The molecular formula is C51H33N5O. The van der Waals surface area contributed by atoms with E-state index in [0.29, 0.717) is 0 Å². The molecule has 1 unspecified atom stereocenters. The summed E-state index contributed by atoms with van der Waals surface area (Å²) in [6.07, 6.45) is -0.446. The van der Waals surface area contributed by atoms with E-state index in [-0.39, 0.29) is 0 Å². The minimum atomic E-state index is -0.446. The smallest absolute Gasteiger partial charge is 0.169 e. The molecule has 1 atom stereocenters. The van der Waals surface area contributed by atoms with Gasteiger partial charge in [0.15, 0.2) is 6.17 Å². The number of aliphatic imine (C=N–C) groups is 2. The number of benzene rings is 8. The van der Waals surface area contributed by atoms with Crippen LogP contribution in [0.3, 0.4) is 0 Å². The molecular weight excluding hydrogens is 699 g/mol. The van der Waals surface area contributed by atoms with Gasteiger partial charge in [0, 0.05) is 54.8 Å². The van der Waals surface area contributed by atoms with Crippen LogP contribution in [0.1, 0.15) is 22.9 Å². The van der Waals surface area contributed by atoms with Gasteiger partial charge in [-0.2, -0.15) is 0 Å². The summed E-state index contributed by atoms with van der Waals surface area (Å²) in [7, 11) is 0. The van der Waals surface area contributed by atoms with Gasteiger partial charge >= 0.3 is 0 Å². The SMILES string of the molecule is c1ccc(C2=NC(c3ccc(-n4c5ccccc5c5c6c7ccccc7n(-c7ccccc7)c6ccc54)cc3)N=C(c3ccc4c(c3)oc3ccccc34)N2)cc1. The molecule has 0 saturated carbocycles. The summed E-state index contributed by atoms with van der Waals surface area (Å²) in [6.45, 7) is 0. The highest BCUT2D eigenvalue weighted by Crippen LogP contribution is 2.42. The quantitative estimate of drug-likeness (QED) is 0.192. The first-order valence-corrected chi connectivity index (χ1v) is 19.3. The van der Waals surface area contributed by atoms with Crippen molar-refractivity contribution in [2.24, 2.45) is 9.98 Å². The Kier molecular flexibility index (Phi) is 6.89. The summed E-state index contributed by atoms with van der Waals surface area (Å²) < 4.78 is 11.0. The number of hydrogen-bond donors (Lipinski definition) is 1.